The summed E-state index contributed by atoms with van der Waals surface area (Å²) in [5.41, 5.74) is 15.3. The van der Waals surface area contributed by atoms with Gasteiger partial charge in [-0.25, -0.2) is 0 Å². The van der Waals surface area contributed by atoms with Gasteiger partial charge in [0, 0.05) is 23.0 Å². The van der Waals surface area contributed by atoms with Crippen molar-refractivity contribution in [2.75, 3.05) is 4.90 Å². The van der Waals surface area contributed by atoms with E-state index in [1.54, 1.807) is 0 Å². The van der Waals surface area contributed by atoms with Gasteiger partial charge in [-0.1, -0.05) is 176 Å². The Hall–Kier alpha value is -6.96. The maximum absolute atomic E-state index is 2.46. The highest BCUT2D eigenvalue weighted by atomic mass is 15.2. The fourth-order valence-electron chi connectivity index (χ4n) is 9.32. The largest absolute Gasteiger partial charge is 0.310 e. The Morgan fingerprint density at radius 1 is 0.446 bits per heavy atom. The molecule has 11 rings (SSSR count). The summed E-state index contributed by atoms with van der Waals surface area (Å²) in [5.74, 6) is 0.273. The van der Waals surface area contributed by atoms with Gasteiger partial charge < -0.3 is 4.90 Å². The number of anilines is 2. The molecule has 56 heavy (non-hydrogen) atoms. The molecule has 0 radical (unpaired) electrons. The predicted octanol–water partition coefficient (Wildman–Crippen LogP) is 14.6. The van der Waals surface area contributed by atoms with Crippen LogP contribution in [0.3, 0.4) is 0 Å². The molecule has 1 heteroatoms. The maximum Gasteiger partial charge on any atom is 0.0497 e. The summed E-state index contributed by atoms with van der Waals surface area (Å²) in [5, 5.41) is 7.77. The molecule has 9 aromatic carbocycles. The van der Waals surface area contributed by atoms with Crippen molar-refractivity contribution in [1.29, 1.82) is 0 Å². The van der Waals surface area contributed by atoms with Crippen LogP contribution in [0, 0.1) is 0 Å². The molecule has 264 valence electrons. The molecule has 0 saturated carbocycles. The van der Waals surface area contributed by atoms with Crippen LogP contribution < -0.4 is 4.90 Å². The number of fused-ring (bicyclic) bond motifs is 5. The summed E-state index contributed by atoms with van der Waals surface area (Å²) in [6, 6.07) is 69.5. The number of benzene rings is 9. The quantitative estimate of drug-likeness (QED) is 0.161. The monoisotopic (exact) mass is 713 g/mol. The summed E-state index contributed by atoms with van der Waals surface area (Å²) < 4.78 is 0. The number of hydrogen-bond donors (Lipinski definition) is 0. The fourth-order valence-corrected chi connectivity index (χ4v) is 9.32. The van der Waals surface area contributed by atoms with Crippen molar-refractivity contribution in [2.45, 2.75) is 18.8 Å². The Kier molecular flexibility index (Phi) is 7.77. The summed E-state index contributed by atoms with van der Waals surface area (Å²) in [7, 11) is 0. The lowest BCUT2D eigenvalue weighted by molar-refractivity contribution is 0.841. The van der Waals surface area contributed by atoms with Crippen LogP contribution in [0.5, 0.6) is 0 Å². The average Bonchev–Trinajstić information content (AvgIpc) is 3.27. The first-order valence-corrected chi connectivity index (χ1v) is 19.7. The molecular formula is C55H39N. The highest BCUT2D eigenvalue weighted by molar-refractivity contribution is 6.17. The molecule has 1 nitrogen and oxygen atoms in total. The second-order valence-corrected chi connectivity index (χ2v) is 15.2. The molecule has 0 saturated heterocycles. The van der Waals surface area contributed by atoms with Crippen LogP contribution in [0.4, 0.5) is 11.4 Å². The van der Waals surface area contributed by atoms with Crippen LogP contribution in [0.1, 0.15) is 33.7 Å². The van der Waals surface area contributed by atoms with Crippen LogP contribution >= 0.6 is 0 Å². The second-order valence-electron chi connectivity index (χ2n) is 15.2. The van der Waals surface area contributed by atoms with E-state index in [1.165, 1.54) is 99.5 Å². The fraction of sp³-hybridized carbons (Fsp3) is 0.0545. The number of nitrogens with zero attached hydrogens (tertiary/aromatic N) is 1. The molecule has 1 aliphatic carbocycles. The first-order valence-electron chi connectivity index (χ1n) is 19.7. The molecule has 9 aromatic rings. The molecule has 0 amide bonds. The van der Waals surface area contributed by atoms with Gasteiger partial charge in [0.1, 0.15) is 0 Å². The summed E-state index contributed by atoms with van der Waals surface area (Å²) in [4.78, 5) is 2.41. The van der Waals surface area contributed by atoms with Crippen molar-refractivity contribution in [1.82, 2.24) is 0 Å². The van der Waals surface area contributed by atoms with Crippen molar-refractivity contribution in [3.63, 3.8) is 0 Å². The minimum Gasteiger partial charge on any atom is -0.310 e. The standard InChI is InChI=1S/C55H39N/c1-2-17-47(18-3-1)56-52-21-11-8-14-40(52)31-33-53(56)41-26-22-39(23-27-41)44-30-32-50-51(36-44)55(46-29-25-38-13-5-7-16-43(38)35-46)49-20-10-9-19-48(49)54(50)45-28-24-37-12-4-6-15-42(37)34-45/h1-30,32-33,35-36,45H,31,34H2. The number of allylic oxidation sites excluding steroid dienone is 2. The van der Waals surface area contributed by atoms with Crippen LogP contribution in [0.2, 0.25) is 0 Å². The number of para-hydroxylation sites is 2. The Morgan fingerprint density at radius 3 is 1.98 bits per heavy atom. The second kappa shape index (κ2) is 13.4. The minimum absolute atomic E-state index is 0.273. The van der Waals surface area contributed by atoms with Crippen LogP contribution in [-0.4, -0.2) is 0 Å². The molecule has 2 aliphatic rings. The predicted molar refractivity (Wildman–Crippen MR) is 238 cm³/mol. The van der Waals surface area contributed by atoms with Crippen LogP contribution in [0.25, 0.3) is 66.3 Å². The van der Waals surface area contributed by atoms with E-state index in [0.29, 0.717) is 0 Å². The Balaban J connectivity index is 1.07. The van der Waals surface area contributed by atoms with E-state index in [0.717, 1.165) is 12.8 Å². The highest BCUT2D eigenvalue weighted by Crippen LogP contribution is 2.46. The van der Waals surface area contributed by atoms with Crippen molar-refractivity contribution in [2.24, 2.45) is 0 Å². The zero-order valence-electron chi connectivity index (χ0n) is 31.1. The van der Waals surface area contributed by atoms with E-state index in [-0.39, 0.29) is 5.92 Å². The number of rotatable bonds is 5. The van der Waals surface area contributed by atoms with Gasteiger partial charge in [0.05, 0.1) is 0 Å². The van der Waals surface area contributed by atoms with Gasteiger partial charge in [0.15, 0.2) is 0 Å². The molecule has 1 heterocycles. The van der Waals surface area contributed by atoms with Gasteiger partial charge in [-0.15, -0.1) is 0 Å². The molecule has 0 spiro atoms. The Bertz CT molecular complexity index is 3020. The molecule has 1 atom stereocenters. The van der Waals surface area contributed by atoms with Gasteiger partial charge >= 0.3 is 0 Å². The third kappa shape index (κ3) is 5.47. The summed E-state index contributed by atoms with van der Waals surface area (Å²) in [6.07, 6.45) is 9.04. The van der Waals surface area contributed by atoms with E-state index in [9.17, 15) is 0 Å². The first kappa shape index (κ1) is 32.5. The smallest absolute Gasteiger partial charge is 0.0497 e. The van der Waals surface area contributed by atoms with E-state index < -0.39 is 0 Å². The molecule has 1 aliphatic heterocycles. The normalized spacial score (nSPS) is 14.8. The topological polar surface area (TPSA) is 3.24 Å². The van der Waals surface area contributed by atoms with Crippen LogP contribution in [-0.2, 0) is 12.8 Å². The summed E-state index contributed by atoms with van der Waals surface area (Å²) in [6.45, 7) is 0. The molecular weight excluding hydrogens is 675 g/mol. The molecule has 0 N–H and O–H groups in total. The van der Waals surface area contributed by atoms with Gasteiger partial charge in [-0.05, 0) is 126 Å². The van der Waals surface area contributed by atoms with E-state index in [4.69, 9.17) is 0 Å². The van der Waals surface area contributed by atoms with Gasteiger partial charge in [0.2, 0.25) is 0 Å². The zero-order valence-corrected chi connectivity index (χ0v) is 31.1. The molecule has 1 unspecified atom stereocenters. The Morgan fingerprint density at radius 2 is 1.11 bits per heavy atom. The highest BCUT2D eigenvalue weighted by Gasteiger charge is 2.25. The molecule has 0 fully saturated rings. The lowest BCUT2D eigenvalue weighted by Gasteiger charge is -2.33. The van der Waals surface area contributed by atoms with E-state index >= 15 is 0 Å². The van der Waals surface area contributed by atoms with Gasteiger partial charge in [-0.2, -0.15) is 0 Å². The lowest BCUT2D eigenvalue weighted by atomic mass is 9.78. The third-order valence-electron chi connectivity index (χ3n) is 12.0. The van der Waals surface area contributed by atoms with Gasteiger partial charge in [-0.3, -0.25) is 0 Å². The summed E-state index contributed by atoms with van der Waals surface area (Å²) >= 11 is 0. The average molecular weight is 714 g/mol. The Labute approximate surface area is 328 Å². The van der Waals surface area contributed by atoms with Crippen molar-refractivity contribution in [3.8, 4) is 22.3 Å². The van der Waals surface area contributed by atoms with E-state index in [1.807, 2.05) is 0 Å². The van der Waals surface area contributed by atoms with Crippen LogP contribution in [0.15, 0.2) is 200 Å². The maximum atomic E-state index is 2.46. The third-order valence-corrected chi connectivity index (χ3v) is 12.0. The van der Waals surface area contributed by atoms with Gasteiger partial charge in [0.25, 0.3) is 0 Å². The van der Waals surface area contributed by atoms with Crippen molar-refractivity contribution >= 4 is 55.5 Å². The molecule has 0 bridgehead atoms. The lowest BCUT2D eigenvalue weighted by Crippen LogP contribution is -2.20. The van der Waals surface area contributed by atoms with Crippen molar-refractivity contribution < 1.29 is 0 Å². The van der Waals surface area contributed by atoms with E-state index in [2.05, 4.69) is 211 Å². The minimum atomic E-state index is 0.273. The zero-order chi connectivity index (χ0) is 37.0. The number of hydrogen-bond acceptors (Lipinski definition) is 1. The molecule has 0 aromatic heterocycles. The first-order chi connectivity index (χ1) is 27.8. The SMILES string of the molecule is C1=CC(c2c3ccccc3c(-c3ccc4ccccc4c3)c3cc(-c4ccc(C5=CCc6ccccc6N5c5ccccc5)cc4)ccc23)Cc2ccccc21. The van der Waals surface area contributed by atoms with Crippen molar-refractivity contribution in [3.05, 3.63) is 228 Å².